The van der Waals surface area contributed by atoms with Crippen molar-refractivity contribution in [2.24, 2.45) is 17.6 Å². The van der Waals surface area contributed by atoms with E-state index in [1.54, 1.807) is 0 Å². The summed E-state index contributed by atoms with van der Waals surface area (Å²) in [6.07, 6.45) is 7.92. The van der Waals surface area contributed by atoms with E-state index in [0.717, 1.165) is 38.8 Å². The zero-order valence-electron chi connectivity index (χ0n) is 11.0. The standard InChI is InChI=1S/C14H24N2O2/c15-13(17)11-3-1-7-16-12(11)10-4-8-18-14(9-10)5-2-6-14/h10-12,16H,1-9H2,(H2,15,17). The molecule has 0 radical (unpaired) electrons. The van der Waals surface area contributed by atoms with Gasteiger partial charge in [-0.1, -0.05) is 0 Å². The lowest BCUT2D eigenvalue weighted by molar-refractivity contribution is -0.152. The molecule has 0 aromatic rings. The topological polar surface area (TPSA) is 64.4 Å². The summed E-state index contributed by atoms with van der Waals surface area (Å²) in [5.41, 5.74) is 5.73. The highest BCUT2D eigenvalue weighted by atomic mass is 16.5. The van der Waals surface area contributed by atoms with Crippen molar-refractivity contribution in [1.29, 1.82) is 0 Å². The summed E-state index contributed by atoms with van der Waals surface area (Å²) in [6.45, 7) is 1.88. The van der Waals surface area contributed by atoms with Crippen LogP contribution in [0, 0.1) is 11.8 Å². The summed E-state index contributed by atoms with van der Waals surface area (Å²) in [5.74, 6) is 0.470. The predicted molar refractivity (Wildman–Crippen MR) is 69.0 cm³/mol. The first-order valence-electron chi connectivity index (χ1n) is 7.37. The Bertz CT molecular complexity index is 328. The lowest BCUT2D eigenvalue weighted by Gasteiger charge is -2.50. The number of rotatable bonds is 2. The number of amides is 1. The quantitative estimate of drug-likeness (QED) is 0.776. The molecule has 1 saturated carbocycles. The van der Waals surface area contributed by atoms with Gasteiger partial charge in [-0.05, 0) is 57.4 Å². The maximum absolute atomic E-state index is 11.6. The number of primary amides is 1. The van der Waals surface area contributed by atoms with E-state index in [2.05, 4.69) is 5.32 Å². The van der Waals surface area contributed by atoms with Crippen LogP contribution in [-0.4, -0.2) is 30.7 Å². The van der Waals surface area contributed by atoms with Gasteiger partial charge in [-0.15, -0.1) is 0 Å². The maximum Gasteiger partial charge on any atom is 0.222 e. The van der Waals surface area contributed by atoms with Crippen LogP contribution in [0.4, 0.5) is 0 Å². The number of piperidine rings is 1. The third-order valence-corrected chi connectivity index (χ3v) is 5.17. The average molecular weight is 252 g/mol. The molecule has 2 saturated heterocycles. The zero-order valence-corrected chi connectivity index (χ0v) is 11.0. The molecule has 2 heterocycles. The molecule has 3 atom stereocenters. The fourth-order valence-corrected chi connectivity index (χ4v) is 4.02. The zero-order chi connectivity index (χ0) is 12.6. The monoisotopic (exact) mass is 252 g/mol. The minimum atomic E-state index is -0.124. The van der Waals surface area contributed by atoms with Crippen LogP contribution in [-0.2, 0) is 9.53 Å². The minimum absolute atomic E-state index is 0.0268. The fourth-order valence-electron chi connectivity index (χ4n) is 4.02. The lowest BCUT2D eigenvalue weighted by Crippen LogP contribution is -2.56. The average Bonchev–Trinajstić information content (AvgIpc) is 2.37. The van der Waals surface area contributed by atoms with Crippen LogP contribution < -0.4 is 11.1 Å². The summed E-state index contributed by atoms with van der Waals surface area (Å²) in [7, 11) is 0. The summed E-state index contributed by atoms with van der Waals surface area (Å²) in [6, 6.07) is 0.289. The molecule has 3 N–H and O–H groups in total. The van der Waals surface area contributed by atoms with Gasteiger partial charge >= 0.3 is 0 Å². The van der Waals surface area contributed by atoms with Gasteiger partial charge in [0.2, 0.25) is 5.91 Å². The molecule has 2 aliphatic heterocycles. The SMILES string of the molecule is NC(=O)C1CCCNC1C1CCOC2(CCC2)C1. The van der Waals surface area contributed by atoms with E-state index in [0.29, 0.717) is 5.92 Å². The van der Waals surface area contributed by atoms with Crippen LogP contribution in [0.2, 0.25) is 0 Å². The van der Waals surface area contributed by atoms with Crippen molar-refractivity contribution in [3.8, 4) is 0 Å². The Morgan fingerprint density at radius 1 is 1.28 bits per heavy atom. The molecule has 0 bridgehead atoms. The lowest BCUT2D eigenvalue weighted by atomic mass is 9.68. The molecule has 3 aliphatic rings. The molecule has 3 fully saturated rings. The van der Waals surface area contributed by atoms with Gasteiger partial charge in [0.25, 0.3) is 0 Å². The Kier molecular flexibility index (Phi) is 3.32. The number of carbonyl (C=O) groups is 1. The molecule has 4 nitrogen and oxygen atoms in total. The van der Waals surface area contributed by atoms with Gasteiger partial charge in [0.15, 0.2) is 0 Å². The molecule has 102 valence electrons. The van der Waals surface area contributed by atoms with E-state index in [-0.39, 0.29) is 23.5 Å². The highest BCUT2D eigenvalue weighted by molar-refractivity contribution is 5.77. The molecule has 1 spiro atoms. The Labute approximate surface area is 109 Å². The van der Waals surface area contributed by atoms with Gasteiger partial charge in [-0.3, -0.25) is 4.79 Å². The molecule has 0 aromatic heterocycles. The highest BCUT2D eigenvalue weighted by Gasteiger charge is 2.46. The van der Waals surface area contributed by atoms with Crippen molar-refractivity contribution < 1.29 is 9.53 Å². The smallest absolute Gasteiger partial charge is 0.222 e. The summed E-state index contributed by atoms with van der Waals surface area (Å²) >= 11 is 0. The van der Waals surface area contributed by atoms with Crippen LogP contribution in [0.3, 0.4) is 0 Å². The van der Waals surface area contributed by atoms with Gasteiger partial charge in [0.05, 0.1) is 11.5 Å². The molecule has 4 heteroatoms. The van der Waals surface area contributed by atoms with Crippen molar-refractivity contribution in [1.82, 2.24) is 5.32 Å². The second-order valence-electron chi connectivity index (χ2n) is 6.27. The van der Waals surface area contributed by atoms with Crippen LogP contribution >= 0.6 is 0 Å². The number of hydrogen-bond donors (Lipinski definition) is 2. The number of carbonyl (C=O) groups excluding carboxylic acids is 1. The van der Waals surface area contributed by atoms with Crippen LogP contribution in [0.25, 0.3) is 0 Å². The molecule has 18 heavy (non-hydrogen) atoms. The molecule has 3 rings (SSSR count). The summed E-state index contributed by atoms with van der Waals surface area (Å²) in [4.78, 5) is 11.6. The highest BCUT2D eigenvalue weighted by Crippen LogP contribution is 2.46. The van der Waals surface area contributed by atoms with Gasteiger partial charge in [0, 0.05) is 12.6 Å². The van der Waals surface area contributed by atoms with E-state index in [9.17, 15) is 4.79 Å². The second-order valence-corrected chi connectivity index (χ2v) is 6.27. The molecule has 1 aliphatic carbocycles. The summed E-state index contributed by atoms with van der Waals surface area (Å²) < 4.78 is 5.97. The van der Waals surface area contributed by atoms with Crippen molar-refractivity contribution in [3.63, 3.8) is 0 Å². The van der Waals surface area contributed by atoms with Crippen LogP contribution in [0.1, 0.15) is 44.9 Å². The Balaban J connectivity index is 1.69. The van der Waals surface area contributed by atoms with Crippen molar-refractivity contribution in [2.75, 3.05) is 13.2 Å². The van der Waals surface area contributed by atoms with Gasteiger partial charge in [0.1, 0.15) is 0 Å². The molecule has 0 aromatic carbocycles. The fraction of sp³-hybridized carbons (Fsp3) is 0.929. The van der Waals surface area contributed by atoms with E-state index < -0.39 is 0 Å². The predicted octanol–water partition coefficient (Wildman–Crippen LogP) is 1.19. The van der Waals surface area contributed by atoms with Crippen molar-refractivity contribution >= 4 is 5.91 Å². The van der Waals surface area contributed by atoms with Gasteiger partial charge < -0.3 is 15.8 Å². The van der Waals surface area contributed by atoms with Crippen molar-refractivity contribution in [2.45, 2.75) is 56.6 Å². The van der Waals surface area contributed by atoms with E-state index in [1.807, 2.05) is 0 Å². The van der Waals surface area contributed by atoms with Gasteiger partial charge in [-0.25, -0.2) is 0 Å². The first-order valence-corrected chi connectivity index (χ1v) is 7.37. The van der Waals surface area contributed by atoms with E-state index >= 15 is 0 Å². The second kappa shape index (κ2) is 4.82. The third-order valence-electron chi connectivity index (χ3n) is 5.17. The Morgan fingerprint density at radius 3 is 2.78 bits per heavy atom. The molecule has 3 unspecified atom stereocenters. The van der Waals surface area contributed by atoms with E-state index in [1.165, 1.54) is 19.3 Å². The maximum atomic E-state index is 11.6. The van der Waals surface area contributed by atoms with Crippen molar-refractivity contribution in [3.05, 3.63) is 0 Å². The third kappa shape index (κ3) is 2.16. The number of ether oxygens (including phenoxy) is 1. The first-order chi connectivity index (χ1) is 8.70. The molecule has 1 amide bonds. The van der Waals surface area contributed by atoms with Crippen LogP contribution in [0.5, 0.6) is 0 Å². The normalized spacial score (nSPS) is 39.2. The van der Waals surface area contributed by atoms with E-state index in [4.69, 9.17) is 10.5 Å². The van der Waals surface area contributed by atoms with Crippen LogP contribution in [0.15, 0.2) is 0 Å². The first kappa shape index (κ1) is 12.4. The Hall–Kier alpha value is -0.610. The van der Waals surface area contributed by atoms with Gasteiger partial charge in [-0.2, -0.15) is 0 Å². The summed E-state index contributed by atoms with van der Waals surface area (Å²) in [5, 5.41) is 3.55. The number of nitrogens with one attached hydrogen (secondary N) is 1. The Morgan fingerprint density at radius 2 is 2.11 bits per heavy atom. The minimum Gasteiger partial charge on any atom is -0.375 e. The number of hydrogen-bond acceptors (Lipinski definition) is 3. The number of nitrogens with two attached hydrogens (primary N) is 1. The molecular formula is C14H24N2O2. The molecular weight excluding hydrogens is 228 g/mol. The largest absolute Gasteiger partial charge is 0.375 e.